The Morgan fingerprint density at radius 2 is 1.75 bits per heavy atom. The summed E-state index contributed by atoms with van der Waals surface area (Å²) in [6.07, 6.45) is -4.03. The summed E-state index contributed by atoms with van der Waals surface area (Å²) >= 11 is 0. The Hall–Kier alpha value is -3.08. The zero-order chi connectivity index (χ0) is 32.4. The lowest BCUT2D eigenvalue weighted by molar-refractivity contribution is -0.340. The number of carbonyl (C=O) groups is 4. The van der Waals surface area contributed by atoms with Crippen LogP contribution in [0.5, 0.6) is 0 Å². The number of fused-ring (bicyclic) bond motifs is 5. The number of Topliss-reactive ketones (excluding diaryl/α,β-unsaturated/α-hetero) is 1. The van der Waals surface area contributed by atoms with Crippen LogP contribution < -0.4 is 0 Å². The number of aliphatic hydroxyl groups excluding tert-OH is 1. The first-order chi connectivity index (χ1) is 20.6. The van der Waals surface area contributed by atoms with Gasteiger partial charge in [0, 0.05) is 30.6 Å². The van der Waals surface area contributed by atoms with Gasteiger partial charge in [0.25, 0.3) is 0 Å². The van der Waals surface area contributed by atoms with Gasteiger partial charge in [-0.2, -0.15) is 0 Å². The fourth-order valence-corrected chi connectivity index (χ4v) is 8.40. The van der Waals surface area contributed by atoms with E-state index in [0.29, 0.717) is 18.4 Å². The average Bonchev–Trinajstić information content (AvgIpc) is 2.95. The minimum atomic E-state index is -2.00. The molecule has 10 heteroatoms. The number of ether oxygens (including phenoxy) is 4. The van der Waals surface area contributed by atoms with Crippen LogP contribution >= 0.6 is 0 Å². The van der Waals surface area contributed by atoms with Crippen LogP contribution in [0, 0.1) is 22.7 Å². The summed E-state index contributed by atoms with van der Waals surface area (Å²) in [6.45, 7) is 11.6. The summed E-state index contributed by atoms with van der Waals surface area (Å²) in [7, 11) is 0. The van der Waals surface area contributed by atoms with E-state index in [0.717, 1.165) is 0 Å². The van der Waals surface area contributed by atoms with E-state index >= 15 is 4.79 Å². The van der Waals surface area contributed by atoms with E-state index in [-0.39, 0.29) is 30.6 Å². The molecule has 0 spiro atoms. The van der Waals surface area contributed by atoms with Gasteiger partial charge >= 0.3 is 17.9 Å². The highest BCUT2D eigenvalue weighted by molar-refractivity contribution is 5.95. The van der Waals surface area contributed by atoms with Crippen LogP contribution in [0.25, 0.3) is 0 Å². The Bertz CT molecular complexity index is 1380. The molecule has 4 aliphatic rings. The molecular formula is C34H44O10. The van der Waals surface area contributed by atoms with Crippen LogP contribution in [0.1, 0.15) is 84.5 Å². The average molecular weight is 613 g/mol. The Morgan fingerprint density at radius 3 is 2.32 bits per heavy atom. The van der Waals surface area contributed by atoms with Crippen molar-refractivity contribution < 1.29 is 48.3 Å². The summed E-state index contributed by atoms with van der Waals surface area (Å²) < 4.78 is 24.4. The number of hydrogen-bond acceptors (Lipinski definition) is 10. The molecule has 1 heterocycles. The third-order valence-corrected chi connectivity index (χ3v) is 11.1. The van der Waals surface area contributed by atoms with Gasteiger partial charge in [0.1, 0.15) is 17.8 Å². The minimum absolute atomic E-state index is 0.0776. The molecule has 0 amide bonds. The van der Waals surface area contributed by atoms with Gasteiger partial charge in [-0.25, -0.2) is 4.79 Å². The molecular weight excluding hydrogens is 568 g/mol. The van der Waals surface area contributed by atoms with Crippen LogP contribution in [0.15, 0.2) is 41.5 Å². The molecule has 2 N–H and O–H groups in total. The number of hydrogen-bond donors (Lipinski definition) is 2. The zero-order valence-corrected chi connectivity index (χ0v) is 26.5. The Kier molecular flexibility index (Phi) is 8.13. The third kappa shape index (κ3) is 4.55. The van der Waals surface area contributed by atoms with Crippen molar-refractivity contribution in [2.24, 2.45) is 22.7 Å². The van der Waals surface area contributed by atoms with Gasteiger partial charge in [-0.1, -0.05) is 52.8 Å². The second-order valence-electron chi connectivity index (χ2n) is 13.8. The summed E-state index contributed by atoms with van der Waals surface area (Å²) in [4.78, 5) is 54.7. The van der Waals surface area contributed by atoms with E-state index in [1.165, 1.54) is 6.92 Å². The van der Waals surface area contributed by atoms with Crippen molar-refractivity contribution in [1.29, 1.82) is 0 Å². The van der Waals surface area contributed by atoms with Gasteiger partial charge in [0.15, 0.2) is 17.5 Å². The number of esters is 3. The van der Waals surface area contributed by atoms with Crippen molar-refractivity contribution in [3.05, 3.63) is 47.0 Å². The minimum Gasteiger partial charge on any atom is -0.455 e. The first-order valence-electron chi connectivity index (χ1n) is 15.5. The Morgan fingerprint density at radius 1 is 1.09 bits per heavy atom. The number of aliphatic hydroxyl groups is 2. The van der Waals surface area contributed by atoms with Crippen molar-refractivity contribution in [3.8, 4) is 0 Å². The number of rotatable bonds is 6. The molecule has 5 rings (SSSR count). The summed E-state index contributed by atoms with van der Waals surface area (Å²) in [5.74, 6) is -3.96. The highest BCUT2D eigenvalue weighted by atomic mass is 16.6. The normalized spacial score (nSPS) is 39.1. The largest absolute Gasteiger partial charge is 0.455 e. The van der Waals surface area contributed by atoms with Gasteiger partial charge in [-0.15, -0.1) is 0 Å². The first-order valence-corrected chi connectivity index (χ1v) is 15.5. The molecule has 0 aromatic heterocycles. The van der Waals surface area contributed by atoms with Crippen LogP contribution in [-0.2, 0) is 33.3 Å². The highest BCUT2D eigenvalue weighted by Gasteiger charge is 2.77. The second-order valence-corrected chi connectivity index (χ2v) is 13.8. The van der Waals surface area contributed by atoms with Crippen molar-refractivity contribution in [3.63, 3.8) is 0 Å². The molecule has 2 saturated carbocycles. The Labute approximate surface area is 258 Å². The lowest BCUT2D eigenvalue weighted by Crippen LogP contribution is -2.80. The predicted octanol–water partition coefficient (Wildman–Crippen LogP) is 3.71. The quantitative estimate of drug-likeness (QED) is 0.277. The molecule has 1 aliphatic heterocycles. The molecule has 0 radical (unpaired) electrons. The summed E-state index contributed by atoms with van der Waals surface area (Å²) in [5.41, 5.74) is -5.32. The molecule has 3 aliphatic carbocycles. The molecule has 240 valence electrons. The van der Waals surface area contributed by atoms with Gasteiger partial charge in [-0.05, 0) is 49.0 Å². The van der Waals surface area contributed by atoms with Crippen molar-refractivity contribution in [2.75, 3.05) is 6.61 Å². The molecule has 1 saturated heterocycles. The van der Waals surface area contributed by atoms with Crippen molar-refractivity contribution in [2.45, 2.75) is 110 Å². The zero-order valence-electron chi connectivity index (χ0n) is 26.5. The predicted molar refractivity (Wildman–Crippen MR) is 157 cm³/mol. The fourth-order valence-electron chi connectivity index (χ4n) is 8.40. The first kappa shape index (κ1) is 32.3. The lowest BCUT2D eigenvalue weighted by atomic mass is 9.43. The van der Waals surface area contributed by atoms with Crippen LogP contribution in [0.3, 0.4) is 0 Å². The number of benzene rings is 1. The van der Waals surface area contributed by atoms with E-state index in [1.54, 1.807) is 58.0 Å². The molecule has 44 heavy (non-hydrogen) atoms. The molecule has 1 aromatic carbocycles. The smallest absolute Gasteiger partial charge is 0.338 e. The lowest BCUT2D eigenvalue weighted by Gasteiger charge is -2.68. The molecule has 3 fully saturated rings. The van der Waals surface area contributed by atoms with E-state index in [9.17, 15) is 24.6 Å². The standard InChI is InChI=1S/C34H44O10/c1-8-12-24(37)44-33-17-41-23(33)15-18(2)32(7)27(33)29(43-30(39)21-13-10-9-11-14-21)34(40)16-22(36)19(3)25(31(34,5)6)26(28(32)38)42-20(4)35/h9-11,13-14,18,22-23,26-27,29,36,40H,8,12,15-17H2,1-7H3. The van der Waals surface area contributed by atoms with Crippen LogP contribution in [-0.4, -0.2) is 76.1 Å². The molecule has 2 bridgehead atoms. The van der Waals surface area contributed by atoms with E-state index in [2.05, 4.69) is 0 Å². The van der Waals surface area contributed by atoms with E-state index in [4.69, 9.17) is 18.9 Å². The molecule has 9 unspecified atom stereocenters. The van der Waals surface area contributed by atoms with E-state index < -0.39 is 82.0 Å². The van der Waals surface area contributed by atoms with Crippen molar-refractivity contribution in [1.82, 2.24) is 0 Å². The second kappa shape index (κ2) is 11.1. The van der Waals surface area contributed by atoms with Crippen LogP contribution in [0.2, 0.25) is 0 Å². The number of carbonyl (C=O) groups excluding carboxylic acids is 4. The SMILES string of the molecule is CCCC(=O)OC12COC1CC(C)C1(C)C(=O)C(OC(C)=O)C3=C(C)C(O)CC(O)(C(OC(=O)c4ccccc4)C21)C3(C)C. The van der Waals surface area contributed by atoms with Gasteiger partial charge in [-0.3, -0.25) is 14.4 Å². The maximum atomic E-state index is 15.1. The topological polar surface area (TPSA) is 146 Å². The fraction of sp³-hybridized carbons (Fsp3) is 0.647. The molecule has 1 aromatic rings. The third-order valence-electron chi connectivity index (χ3n) is 11.1. The Balaban J connectivity index is 1.83. The number of ketones is 1. The summed E-state index contributed by atoms with van der Waals surface area (Å²) in [6, 6.07) is 8.30. The van der Waals surface area contributed by atoms with Gasteiger partial charge < -0.3 is 29.2 Å². The highest BCUT2D eigenvalue weighted by Crippen LogP contribution is 2.65. The van der Waals surface area contributed by atoms with Crippen molar-refractivity contribution >= 4 is 23.7 Å². The summed E-state index contributed by atoms with van der Waals surface area (Å²) in [5, 5.41) is 24.4. The van der Waals surface area contributed by atoms with E-state index in [1.807, 2.05) is 13.8 Å². The van der Waals surface area contributed by atoms with Crippen LogP contribution in [0.4, 0.5) is 0 Å². The van der Waals surface area contributed by atoms with Gasteiger partial charge in [0.05, 0.1) is 24.2 Å². The molecule has 9 atom stereocenters. The molecule has 10 nitrogen and oxygen atoms in total. The maximum Gasteiger partial charge on any atom is 0.338 e. The monoisotopic (exact) mass is 612 g/mol. The van der Waals surface area contributed by atoms with Gasteiger partial charge in [0.2, 0.25) is 0 Å². The maximum absolute atomic E-state index is 15.1.